The summed E-state index contributed by atoms with van der Waals surface area (Å²) in [6.45, 7) is 1.55. The first kappa shape index (κ1) is 13.9. The van der Waals surface area contributed by atoms with Gasteiger partial charge in [-0.2, -0.15) is 0 Å². The molecule has 3 N–H and O–H groups in total. The highest BCUT2D eigenvalue weighted by Gasteiger charge is 2.39. The molecule has 0 atom stereocenters. The molecule has 0 bridgehead atoms. The molecule has 1 aliphatic heterocycles. The Kier molecular flexibility index (Phi) is 3.71. The fraction of sp³-hybridized carbons (Fsp3) is 0.867. The third-order valence-electron chi connectivity index (χ3n) is 5.02. The third-order valence-corrected chi connectivity index (χ3v) is 5.02. The molecule has 3 rings (SSSR count). The van der Waals surface area contributed by atoms with Crippen LogP contribution in [0.3, 0.4) is 0 Å². The topological polar surface area (TPSA) is 75.4 Å². The second kappa shape index (κ2) is 5.35. The summed E-state index contributed by atoms with van der Waals surface area (Å²) in [5, 5.41) is 3.10. The van der Waals surface area contributed by atoms with Crippen LogP contribution in [-0.4, -0.2) is 41.4 Å². The van der Waals surface area contributed by atoms with E-state index in [0.717, 1.165) is 64.5 Å². The van der Waals surface area contributed by atoms with Crippen LogP contribution in [0.5, 0.6) is 0 Å². The number of nitrogens with two attached hydrogens (primary N) is 1. The Labute approximate surface area is 120 Å². The maximum absolute atomic E-state index is 12.3. The van der Waals surface area contributed by atoms with E-state index >= 15 is 0 Å². The van der Waals surface area contributed by atoms with Crippen LogP contribution >= 0.6 is 0 Å². The van der Waals surface area contributed by atoms with Crippen molar-refractivity contribution in [1.82, 2.24) is 10.2 Å². The lowest BCUT2D eigenvalue weighted by Gasteiger charge is -2.34. The molecule has 0 spiro atoms. The molecule has 0 aromatic rings. The van der Waals surface area contributed by atoms with Crippen molar-refractivity contribution in [2.45, 2.75) is 62.9 Å². The maximum atomic E-state index is 12.3. The van der Waals surface area contributed by atoms with Crippen molar-refractivity contribution in [2.75, 3.05) is 13.1 Å². The molecule has 2 aliphatic carbocycles. The molecule has 0 radical (unpaired) electrons. The summed E-state index contributed by atoms with van der Waals surface area (Å²) in [6, 6.07) is 0.187. The average Bonchev–Trinajstić information content (AvgIpc) is 3.21. The van der Waals surface area contributed by atoms with Gasteiger partial charge in [0.1, 0.15) is 0 Å². The van der Waals surface area contributed by atoms with Crippen LogP contribution in [0.4, 0.5) is 0 Å². The van der Waals surface area contributed by atoms with Gasteiger partial charge in [0, 0.05) is 25.0 Å². The summed E-state index contributed by atoms with van der Waals surface area (Å²) in [4.78, 5) is 26.2. The lowest BCUT2D eigenvalue weighted by Crippen LogP contribution is -2.56. The second-order valence-electron chi connectivity index (χ2n) is 6.71. The number of carbonyl (C=O) groups is 2. The van der Waals surface area contributed by atoms with E-state index in [1.807, 2.05) is 4.90 Å². The van der Waals surface area contributed by atoms with Gasteiger partial charge in [0.25, 0.3) is 0 Å². The summed E-state index contributed by atoms with van der Waals surface area (Å²) in [5.74, 6) is 0.634. The second-order valence-corrected chi connectivity index (χ2v) is 6.71. The van der Waals surface area contributed by atoms with Gasteiger partial charge in [-0.05, 0) is 38.5 Å². The molecule has 2 saturated carbocycles. The Morgan fingerprint density at radius 2 is 1.65 bits per heavy atom. The van der Waals surface area contributed by atoms with E-state index < -0.39 is 5.54 Å². The Balaban J connectivity index is 1.46. The number of carbonyl (C=O) groups excluding carboxylic acids is 2. The van der Waals surface area contributed by atoms with Crippen LogP contribution in [0.2, 0.25) is 0 Å². The highest BCUT2D eigenvalue weighted by Crippen LogP contribution is 2.32. The lowest BCUT2D eigenvalue weighted by molar-refractivity contribution is -0.133. The molecule has 0 unspecified atom stereocenters. The molecule has 0 aromatic heterocycles. The quantitative estimate of drug-likeness (QED) is 0.801. The average molecular weight is 279 g/mol. The monoisotopic (exact) mass is 279 g/mol. The van der Waals surface area contributed by atoms with Crippen LogP contribution in [0.1, 0.15) is 51.4 Å². The zero-order chi connectivity index (χ0) is 14.2. The van der Waals surface area contributed by atoms with Gasteiger partial charge in [-0.1, -0.05) is 12.8 Å². The van der Waals surface area contributed by atoms with Crippen molar-refractivity contribution >= 4 is 11.8 Å². The molecule has 5 nitrogen and oxygen atoms in total. The van der Waals surface area contributed by atoms with Gasteiger partial charge in [0.05, 0.1) is 5.54 Å². The molecule has 5 heteroatoms. The maximum Gasteiger partial charge on any atom is 0.240 e. The number of amides is 2. The normalized spacial score (nSPS) is 26.6. The SMILES string of the molecule is NC1(C(=O)NC2CCN(C(=O)C3CC3)CC2)CCCC1. The van der Waals surface area contributed by atoms with Crippen LogP contribution < -0.4 is 11.1 Å². The summed E-state index contributed by atoms with van der Waals surface area (Å²) in [6.07, 6.45) is 7.56. The highest BCUT2D eigenvalue weighted by molar-refractivity contribution is 5.86. The van der Waals surface area contributed by atoms with Crippen molar-refractivity contribution < 1.29 is 9.59 Å². The minimum Gasteiger partial charge on any atom is -0.352 e. The van der Waals surface area contributed by atoms with E-state index in [2.05, 4.69) is 5.32 Å². The van der Waals surface area contributed by atoms with Gasteiger partial charge in [0.2, 0.25) is 11.8 Å². The van der Waals surface area contributed by atoms with Crippen LogP contribution in [-0.2, 0) is 9.59 Å². The Bertz CT molecular complexity index is 392. The molecule has 20 heavy (non-hydrogen) atoms. The Hall–Kier alpha value is -1.10. The number of nitrogens with zero attached hydrogens (tertiary/aromatic N) is 1. The number of rotatable bonds is 3. The lowest BCUT2D eigenvalue weighted by atomic mass is 9.96. The third kappa shape index (κ3) is 2.82. The number of hydrogen-bond acceptors (Lipinski definition) is 3. The van der Waals surface area contributed by atoms with Crippen molar-refractivity contribution in [3.63, 3.8) is 0 Å². The summed E-state index contributed by atoms with van der Waals surface area (Å²) >= 11 is 0. The fourth-order valence-corrected chi connectivity index (χ4v) is 3.39. The zero-order valence-electron chi connectivity index (χ0n) is 12.1. The highest BCUT2D eigenvalue weighted by atomic mass is 16.2. The van der Waals surface area contributed by atoms with Gasteiger partial charge in [-0.15, -0.1) is 0 Å². The molecule has 3 aliphatic rings. The van der Waals surface area contributed by atoms with E-state index in [1.165, 1.54) is 0 Å². The molecule has 112 valence electrons. The Morgan fingerprint density at radius 1 is 1.05 bits per heavy atom. The van der Waals surface area contributed by atoms with Crippen molar-refractivity contribution in [3.8, 4) is 0 Å². The van der Waals surface area contributed by atoms with E-state index in [9.17, 15) is 9.59 Å². The predicted molar refractivity (Wildman–Crippen MR) is 75.9 cm³/mol. The van der Waals surface area contributed by atoms with E-state index in [1.54, 1.807) is 0 Å². The minimum atomic E-state index is -0.638. The van der Waals surface area contributed by atoms with Gasteiger partial charge >= 0.3 is 0 Å². The predicted octanol–water partition coefficient (Wildman–Crippen LogP) is 0.775. The number of nitrogens with one attached hydrogen (secondary N) is 1. The molecule has 1 heterocycles. The molecule has 0 aromatic carbocycles. The first-order chi connectivity index (χ1) is 9.58. The summed E-state index contributed by atoms with van der Waals surface area (Å²) in [7, 11) is 0. The standard InChI is InChI=1S/C15H25N3O2/c16-15(7-1-2-8-15)14(20)17-12-5-9-18(10-6-12)13(19)11-3-4-11/h11-12H,1-10,16H2,(H,17,20). The largest absolute Gasteiger partial charge is 0.352 e. The zero-order valence-corrected chi connectivity index (χ0v) is 12.1. The molecular weight excluding hydrogens is 254 g/mol. The number of piperidine rings is 1. The van der Waals surface area contributed by atoms with Gasteiger partial charge in [0.15, 0.2) is 0 Å². The van der Waals surface area contributed by atoms with E-state index in [4.69, 9.17) is 5.73 Å². The summed E-state index contributed by atoms with van der Waals surface area (Å²) in [5.41, 5.74) is 5.53. The van der Waals surface area contributed by atoms with Crippen LogP contribution in [0.15, 0.2) is 0 Å². The first-order valence-corrected chi connectivity index (χ1v) is 7.97. The Morgan fingerprint density at radius 3 is 2.20 bits per heavy atom. The van der Waals surface area contributed by atoms with Gasteiger partial charge < -0.3 is 16.0 Å². The number of likely N-dealkylation sites (tertiary alicyclic amines) is 1. The molecule has 1 saturated heterocycles. The van der Waals surface area contributed by atoms with Crippen LogP contribution in [0, 0.1) is 5.92 Å². The first-order valence-electron chi connectivity index (χ1n) is 7.97. The van der Waals surface area contributed by atoms with Crippen molar-refractivity contribution in [3.05, 3.63) is 0 Å². The van der Waals surface area contributed by atoms with Crippen LogP contribution in [0.25, 0.3) is 0 Å². The minimum absolute atomic E-state index is 0.0157. The summed E-state index contributed by atoms with van der Waals surface area (Å²) < 4.78 is 0. The number of hydrogen-bond donors (Lipinski definition) is 2. The van der Waals surface area contributed by atoms with E-state index in [-0.39, 0.29) is 11.9 Å². The van der Waals surface area contributed by atoms with Gasteiger partial charge in [-0.3, -0.25) is 9.59 Å². The smallest absolute Gasteiger partial charge is 0.240 e. The molecule has 2 amide bonds. The van der Waals surface area contributed by atoms with E-state index in [0.29, 0.717) is 11.8 Å². The fourth-order valence-electron chi connectivity index (χ4n) is 3.39. The van der Waals surface area contributed by atoms with Crippen molar-refractivity contribution in [2.24, 2.45) is 11.7 Å². The molecular formula is C15H25N3O2. The molecule has 3 fully saturated rings. The van der Waals surface area contributed by atoms with Gasteiger partial charge in [-0.25, -0.2) is 0 Å². The van der Waals surface area contributed by atoms with Crippen molar-refractivity contribution in [1.29, 1.82) is 0 Å².